The number of amides is 2. The second kappa shape index (κ2) is 8.61. The van der Waals surface area contributed by atoms with Gasteiger partial charge in [0.1, 0.15) is 6.07 Å². The summed E-state index contributed by atoms with van der Waals surface area (Å²) < 4.78 is 5.30. The van der Waals surface area contributed by atoms with Gasteiger partial charge in [-0.1, -0.05) is 30.3 Å². The first-order valence-corrected chi connectivity index (χ1v) is 10.6. The number of hydrogen-bond donors (Lipinski definition) is 1. The zero-order chi connectivity index (χ0) is 21.9. The zero-order valence-electron chi connectivity index (χ0n) is 18.0. The summed E-state index contributed by atoms with van der Waals surface area (Å²) in [5.74, 6) is 0.0979. The smallest absolute Gasteiger partial charge is 0.325 e. The van der Waals surface area contributed by atoms with Crippen molar-refractivity contribution in [3.63, 3.8) is 0 Å². The van der Waals surface area contributed by atoms with Crippen molar-refractivity contribution in [2.45, 2.75) is 36.8 Å². The number of hydrogen-bond acceptors (Lipinski definition) is 6. The Bertz CT molecular complexity index is 948. The Hall–Kier alpha value is -3.02. The van der Waals surface area contributed by atoms with E-state index in [0.29, 0.717) is 25.4 Å². The lowest BCUT2D eigenvalue weighted by Gasteiger charge is -2.48. The van der Waals surface area contributed by atoms with Gasteiger partial charge in [-0.3, -0.25) is 4.90 Å². The maximum atomic E-state index is 13.4. The van der Waals surface area contributed by atoms with Crippen molar-refractivity contribution in [3.05, 3.63) is 54.1 Å². The molecule has 8 heteroatoms. The molecular weight excluding hydrogens is 392 g/mol. The van der Waals surface area contributed by atoms with E-state index in [1.165, 1.54) is 5.56 Å². The third-order valence-electron chi connectivity index (χ3n) is 6.89. The number of nitrogens with zero attached hydrogens (tertiary/aromatic N) is 5. The number of carbonyl (C=O) groups is 1. The fourth-order valence-corrected chi connectivity index (χ4v) is 5.04. The Morgan fingerprint density at radius 3 is 2.42 bits per heavy atom. The Morgan fingerprint density at radius 2 is 1.84 bits per heavy atom. The number of aromatic nitrogens is 2. The molecule has 0 atom stereocenters. The van der Waals surface area contributed by atoms with Crippen LogP contribution in [-0.2, 0) is 10.3 Å². The van der Waals surface area contributed by atoms with Crippen LogP contribution in [-0.4, -0.2) is 60.3 Å². The lowest BCUT2D eigenvalue weighted by Crippen LogP contribution is -2.55. The van der Waals surface area contributed by atoms with Gasteiger partial charge in [0.25, 0.3) is 0 Å². The normalized spacial score (nSPS) is 25.8. The number of anilines is 1. The summed E-state index contributed by atoms with van der Waals surface area (Å²) in [6.45, 7) is 1.61. The van der Waals surface area contributed by atoms with Crippen molar-refractivity contribution >= 4 is 11.7 Å². The molecule has 0 bridgehead atoms. The molecule has 1 spiro atoms. The van der Waals surface area contributed by atoms with Gasteiger partial charge in [0.2, 0.25) is 5.82 Å². The zero-order valence-corrected chi connectivity index (χ0v) is 18.0. The fraction of sp³-hybridized carbons (Fsp3) is 0.478. The summed E-state index contributed by atoms with van der Waals surface area (Å²) in [6.07, 6.45) is 6.74. The van der Waals surface area contributed by atoms with E-state index in [2.05, 4.69) is 39.6 Å². The van der Waals surface area contributed by atoms with Crippen LogP contribution < -0.4 is 10.2 Å². The second-order valence-electron chi connectivity index (χ2n) is 8.31. The first-order valence-electron chi connectivity index (χ1n) is 10.6. The van der Waals surface area contributed by atoms with Crippen LogP contribution in [0.1, 0.15) is 37.1 Å². The number of nitrogens with one attached hydrogen (secondary N) is 1. The molecule has 2 fully saturated rings. The molecule has 31 heavy (non-hydrogen) atoms. The van der Waals surface area contributed by atoms with Crippen molar-refractivity contribution in [2.24, 2.45) is 0 Å². The highest BCUT2D eigenvalue weighted by Crippen LogP contribution is 2.47. The van der Waals surface area contributed by atoms with Crippen LogP contribution in [0.5, 0.6) is 0 Å². The number of benzene rings is 1. The molecule has 8 nitrogen and oxygen atoms in total. The number of urea groups is 1. The predicted molar refractivity (Wildman–Crippen MR) is 116 cm³/mol. The summed E-state index contributed by atoms with van der Waals surface area (Å²) >= 11 is 0. The highest BCUT2D eigenvalue weighted by Gasteiger charge is 2.53. The quantitative estimate of drug-likeness (QED) is 0.772. The number of methoxy groups -OCH3 is 1. The van der Waals surface area contributed by atoms with E-state index in [0.717, 1.165) is 25.7 Å². The summed E-state index contributed by atoms with van der Waals surface area (Å²) in [5.41, 5.74) is 1.56. The Kier molecular flexibility index (Phi) is 5.90. The molecule has 0 radical (unpaired) electrons. The van der Waals surface area contributed by atoms with Gasteiger partial charge in [0.15, 0.2) is 0 Å². The molecule has 0 unspecified atom stereocenters. The lowest BCUT2D eigenvalue weighted by atomic mass is 9.69. The average molecular weight is 421 g/mol. The van der Waals surface area contributed by atoms with Crippen molar-refractivity contribution in [1.29, 1.82) is 5.26 Å². The molecule has 1 saturated heterocycles. The van der Waals surface area contributed by atoms with Gasteiger partial charge in [0.05, 0.1) is 36.8 Å². The largest absolute Gasteiger partial charge is 0.383 e. The van der Waals surface area contributed by atoms with Gasteiger partial charge in [-0.2, -0.15) is 5.26 Å². The van der Waals surface area contributed by atoms with Gasteiger partial charge >= 0.3 is 6.03 Å². The Morgan fingerprint density at radius 1 is 1.16 bits per heavy atom. The standard InChI is InChI=1S/C23H28N6O2/c1-25-23(18-6-4-3-5-7-18)10-8-22(9-11-23)17-28(21(30)29(22)12-13-31-2)19-15-26-20(14-24)27-16-19/h3-7,15-16,25H,8-13,17H2,1-2H3. The van der Waals surface area contributed by atoms with E-state index in [-0.39, 0.29) is 22.9 Å². The second-order valence-corrected chi connectivity index (χ2v) is 8.31. The molecular formula is C23H28N6O2. The van der Waals surface area contributed by atoms with E-state index in [9.17, 15) is 4.79 Å². The number of ether oxygens (including phenoxy) is 1. The molecule has 1 aromatic carbocycles. The average Bonchev–Trinajstić information content (AvgIpc) is 3.10. The maximum Gasteiger partial charge on any atom is 0.325 e. The minimum atomic E-state index is -0.265. The van der Waals surface area contributed by atoms with E-state index in [4.69, 9.17) is 10.00 Å². The molecule has 2 aliphatic rings. The van der Waals surface area contributed by atoms with Crippen LogP contribution in [0.3, 0.4) is 0 Å². The molecule has 1 N–H and O–H groups in total. The fourth-order valence-electron chi connectivity index (χ4n) is 5.04. The summed E-state index contributed by atoms with van der Waals surface area (Å²) in [5, 5.41) is 12.5. The monoisotopic (exact) mass is 420 g/mol. The third kappa shape index (κ3) is 3.75. The van der Waals surface area contributed by atoms with Gasteiger partial charge < -0.3 is 15.0 Å². The summed E-state index contributed by atoms with van der Waals surface area (Å²) in [7, 11) is 3.68. The van der Waals surface area contributed by atoms with Crippen LogP contribution in [0, 0.1) is 11.3 Å². The van der Waals surface area contributed by atoms with E-state index >= 15 is 0 Å². The summed E-state index contributed by atoms with van der Waals surface area (Å²) in [6, 6.07) is 12.4. The molecule has 1 aromatic heterocycles. The van der Waals surface area contributed by atoms with Gasteiger partial charge in [-0.25, -0.2) is 14.8 Å². The van der Waals surface area contributed by atoms with Crippen molar-refractivity contribution in [3.8, 4) is 6.07 Å². The van der Waals surface area contributed by atoms with E-state index in [1.54, 1.807) is 24.4 Å². The topological polar surface area (TPSA) is 94.4 Å². The third-order valence-corrected chi connectivity index (χ3v) is 6.89. The SMILES string of the molecule is CNC1(c2ccccc2)CCC2(CC1)CN(c1cnc(C#N)nc1)C(=O)N2CCOC. The molecule has 1 aliphatic heterocycles. The lowest BCUT2D eigenvalue weighted by molar-refractivity contribution is 0.0602. The first kappa shape index (κ1) is 21.2. The van der Waals surface area contributed by atoms with Crippen LogP contribution in [0.2, 0.25) is 0 Å². The highest BCUT2D eigenvalue weighted by atomic mass is 16.5. The Labute approximate surface area is 182 Å². The van der Waals surface area contributed by atoms with Crippen molar-refractivity contribution in [2.75, 3.05) is 38.8 Å². The molecule has 2 amide bonds. The van der Waals surface area contributed by atoms with E-state index < -0.39 is 0 Å². The number of nitriles is 1. The highest BCUT2D eigenvalue weighted by molar-refractivity contribution is 5.95. The summed E-state index contributed by atoms with van der Waals surface area (Å²) in [4.78, 5) is 25.2. The van der Waals surface area contributed by atoms with Gasteiger partial charge in [0, 0.05) is 19.2 Å². The molecule has 162 valence electrons. The van der Waals surface area contributed by atoms with Gasteiger partial charge in [-0.05, 0) is 38.3 Å². The van der Waals surface area contributed by atoms with Gasteiger partial charge in [-0.15, -0.1) is 0 Å². The van der Waals surface area contributed by atoms with Crippen LogP contribution in [0.15, 0.2) is 42.7 Å². The predicted octanol–water partition coefficient (Wildman–Crippen LogP) is 2.66. The van der Waals surface area contributed by atoms with Crippen LogP contribution in [0.25, 0.3) is 0 Å². The van der Waals surface area contributed by atoms with Crippen molar-refractivity contribution < 1.29 is 9.53 Å². The van der Waals surface area contributed by atoms with Crippen molar-refractivity contribution in [1.82, 2.24) is 20.2 Å². The molecule has 2 aromatic rings. The molecule has 1 aliphatic carbocycles. The van der Waals surface area contributed by atoms with Crippen LogP contribution >= 0.6 is 0 Å². The van der Waals surface area contributed by atoms with E-state index in [1.807, 2.05) is 24.1 Å². The Balaban J connectivity index is 1.61. The maximum absolute atomic E-state index is 13.4. The minimum absolute atomic E-state index is 0.0537. The molecule has 1 saturated carbocycles. The first-order chi connectivity index (χ1) is 15.1. The molecule has 2 heterocycles. The van der Waals surface area contributed by atoms with Crippen LogP contribution in [0.4, 0.5) is 10.5 Å². The number of rotatable bonds is 6. The minimum Gasteiger partial charge on any atom is -0.383 e. The number of carbonyl (C=O) groups excluding carboxylic acids is 1. The molecule has 4 rings (SSSR count).